The van der Waals surface area contributed by atoms with Crippen LogP contribution in [0.1, 0.15) is 6.42 Å². The average molecular weight is 187 g/mol. The van der Waals surface area contributed by atoms with Gasteiger partial charge in [0.05, 0.1) is 12.7 Å². The number of fused-ring (bicyclic) bond motifs is 2. The summed E-state index contributed by atoms with van der Waals surface area (Å²) in [6.07, 6.45) is 4.05. The van der Waals surface area contributed by atoms with Gasteiger partial charge in [-0.25, -0.2) is 0 Å². The van der Waals surface area contributed by atoms with Gasteiger partial charge in [-0.2, -0.15) is 11.8 Å². The lowest BCUT2D eigenvalue weighted by molar-refractivity contribution is 0.0866. The zero-order valence-electron chi connectivity index (χ0n) is 7.66. The van der Waals surface area contributed by atoms with Crippen LogP contribution >= 0.6 is 11.8 Å². The van der Waals surface area contributed by atoms with Gasteiger partial charge in [-0.15, -0.1) is 0 Å². The van der Waals surface area contributed by atoms with Gasteiger partial charge < -0.3 is 4.74 Å². The van der Waals surface area contributed by atoms with Crippen molar-refractivity contribution >= 4 is 11.8 Å². The van der Waals surface area contributed by atoms with Crippen molar-refractivity contribution in [2.45, 2.75) is 12.5 Å². The van der Waals surface area contributed by atoms with Crippen molar-refractivity contribution in [3.8, 4) is 0 Å². The van der Waals surface area contributed by atoms with Gasteiger partial charge in [0.2, 0.25) is 0 Å². The van der Waals surface area contributed by atoms with Crippen LogP contribution in [0.3, 0.4) is 0 Å². The normalized spacial score (nSPS) is 35.8. The Kier molecular flexibility index (Phi) is 2.94. The number of rotatable bonds is 3. The molecule has 3 heteroatoms. The Hall–Kier alpha value is 0.270. The van der Waals surface area contributed by atoms with E-state index in [4.69, 9.17) is 4.74 Å². The first-order valence-electron chi connectivity index (χ1n) is 4.71. The van der Waals surface area contributed by atoms with Gasteiger partial charge in [-0.3, -0.25) is 4.90 Å². The van der Waals surface area contributed by atoms with Crippen LogP contribution in [0.4, 0.5) is 0 Å². The molecule has 2 nitrogen and oxygen atoms in total. The molecule has 2 unspecified atom stereocenters. The van der Waals surface area contributed by atoms with E-state index in [-0.39, 0.29) is 0 Å². The molecule has 0 aliphatic carbocycles. The summed E-state index contributed by atoms with van der Waals surface area (Å²) in [6.45, 7) is 4.71. The third-order valence-electron chi connectivity index (χ3n) is 2.75. The van der Waals surface area contributed by atoms with Crippen molar-refractivity contribution in [1.29, 1.82) is 0 Å². The maximum atomic E-state index is 5.64. The lowest BCUT2D eigenvalue weighted by Crippen LogP contribution is -2.40. The average Bonchev–Trinajstić information content (AvgIpc) is 2.42. The van der Waals surface area contributed by atoms with E-state index in [2.05, 4.69) is 11.2 Å². The topological polar surface area (TPSA) is 12.5 Å². The van der Waals surface area contributed by atoms with Gasteiger partial charge in [0.15, 0.2) is 0 Å². The Balaban J connectivity index is 1.78. The molecule has 2 rings (SSSR count). The van der Waals surface area contributed by atoms with E-state index in [0.717, 1.165) is 12.5 Å². The van der Waals surface area contributed by atoms with Gasteiger partial charge in [0, 0.05) is 25.4 Å². The summed E-state index contributed by atoms with van der Waals surface area (Å²) in [4.78, 5) is 2.56. The molecular formula is C9H17NOS. The fourth-order valence-electron chi connectivity index (χ4n) is 2.17. The van der Waals surface area contributed by atoms with Crippen molar-refractivity contribution in [3.05, 3.63) is 0 Å². The van der Waals surface area contributed by atoms with E-state index in [1.54, 1.807) is 0 Å². The highest BCUT2D eigenvalue weighted by Crippen LogP contribution is 2.26. The first-order chi connectivity index (χ1) is 5.88. The smallest absolute Gasteiger partial charge is 0.0706 e. The maximum absolute atomic E-state index is 5.64. The van der Waals surface area contributed by atoms with Crippen LogP contribution in [0.25, 0.3) is 0 Å². The molecule has 2 saturated heterocycles. The number of hydrogen-bond acceptors (Lipinski definition) is 3. The van der Waals surface area contributed by atoms with Crippen LogP contribution in [0, 0.1) is 5.92 Å². The first-order valence-corrected chi connectivity index (χ1v) is 6.11. The third-order valence-corrected chi connectivity index (χ3v) is 3.34. The minimum absolute atomic E-state index is 0.561. The molecule has 0 amide bonds. The summed E-state index contributed by atoms with van der Waals surface area (Å²) in [7, 11) is 0. The van der Waals surface area contributed by atoms with Crippen molar-refractivity contribution in [2.75, 3.05) is 38.2 Å². The first kappa shape index (κ1) is 8.85. The predicted molar refractivity (Wildman–Crippen MR) is 52.7 cm³/mol. The van der Waals surface area contributed by atoms with Crippen molar-refractivity contribution in [2.24, 2.45) is 5.92 Å². The molecule has 2 aliphatic heterocycles. The van der Waals surface area contributed by atoms with Crippen LogP contribution < -0.4 is 0 Å². The molecule has 0 aromatic carbocycles. The lowest BCUT2D eigenvalue weighted by Gasteiger charge is -2.29. The van der Waals surface area contributed by atoms with E-state index in [1.165, 1.54) is 31.8 Å². The molecule has 2 aliphatic rings. The highest BCUT2D eigenvalue weighted by molar-refractivity contribution is 7.98. The summed E-state index contributed by atoms with van der Waals surface area (Å²) in [5.74, 6) is 2.10. The summed E-state index contributed by atoms with van der Waals surface area (Å²) in [5, 5.41) is 0. The Morgan fingerprint density at radius 3 is 3.17 bits per heavy atom. The van der Waals surface area contributed by atoms with E-state index in [0.29, 0.717) is 6.10 Å². The quantitative estimate of drug-likeness (QED) is 0.656. The second-order valence-electron chi connectivity index (χ2n) is 3.81. The van der Waals surface area contributed by atoms with Gasteiger partial charge in [-0.1, -0.05) is 0 Å². The zero-order valence-corrected chi connectivity index (χ0v) is 8.48. The van der Waals surface area contributed by atoms with Crippen molar-refractivity contribution < 1.29 is 4.74 Å². The number of piperidine rings is 1. The molecule has 2 heterocycles. The van der Waals surface area contributed by atoms with Gasteiger partial charge in [0.1, 0.15) is 0 Å². The summed E-state index contributed by atoms with van der Waals surface area (Å²) in [6, 6.07) is 0. The van der Waals surface area contributed by atoms with E-state index < -0.39 is 0 Å². The van der Waals surface area contributed by atoms with Crippen LogP contribution in [0.2, 0.25) is 0 Å². The highest BCUT2D eigenvalue weighted by Gasteiger charge is 2.33. The van der Waals surface area contributed by atoms with E-state index in [1.807, 2.05) is 11.8 Å². The predicted octanol–water partition coefficient (Wildman–Crippen LogP) is 1.07. The Morgan fingerprint density at radius 2 is 2.42 bits per heavy atom. The second kappa shape index (κ2) is 3.99. The molecule has 0 radical (unpaired) electrons. The monoisotopic (exact) mass is 187 g/mol. The molecule has 0 aromatic rings. The zero-order chi connectivity index (χ0) is 8.39. The maximum Gasteiger partial charge on any atom is 0.0706 e. The lowest BCUT2D eigenvalue weighted by atomic mass is 10.0. The van der Waals surface area contributed by atoms with Gasteiger partial charge in [0.25, 0.3) is 0 Å². The third kappa shape index (κ3) is 1.95. The molecular weight excluding hydrogens is 170 g/mol. The Labute approximate surface area is 78.6 Å². The minimum Gasteiger partial charge on any atom is -0.377 e. The highest BCUT2D eigenvalue weighted by atomic mass is 32.2. The molecule has 0 saturated carbocycles. The largest absolute Gasteiger partial charge is 0.377 e. The van der Waals surface area contributed by atoms with Crippen LogP contribution in [0.15, 0.2) is 0 Å². The molecule has 12 heavy (non-hydrogen) atoms. The number of nitrogens with zero attached hydrogens (tertiary/aromatic N) is 1. The summed E-state index contributed by atoms with van der Waals surface area (Å²) in [5.41, 5.74) is 0. The minimum atomic E-state index is 0.561. The molecule has 2 bridgehead atoms. The summed E-state index contributed by atoms with van der Waals surface area (Å²) >= 11 is 1.94. The number of hydrogen-bond donors (Lipinski definition) is 0. The molecule has 0 aromatic heterocycles. The van der Waals surface area contributed by atoms with E-state index in [9.17, 15) is 0 Å². The van der Waals surface area contributed by atoms with Gasteiger partial charge >= 0.3 is 0 Å². The fourth-order valence-corrected chi connectivity index (χ4v) is 2.61. The van der Waals surface area contributed by atoms with Gasteiger partial charge in [-0.05, 0) is 18.6 Å². The van der Waals surface area contributed by atoms with Crippen LogP contribution in [-0.2, 0) is 4.74 Å². The molecule has 2 atom stereocenters. The fraction of sp³-hybridized carbons (Fsp3) is 1.00. The van der Waals surface area contributed by atoms with E-state index >= 15 is 0 Å². The number of likely N-dealkylation sites (tertiary alicyclic amines) is 1. The molecule has 2 fully saturated rings. The standard InChI is InChI=1S/C9H17NOS/c1-12-3-2-10-5-8-4-9(6-10)11-7-8/h8-9H,2-7H2,1H3. The van der Waals surface area contributed by atoms with Crippen molar-refractivity contribution in [1.82, 2.24) is 4.90 Å². The molecule has 70 valence electrons. The second-order valence-corrected chi connectivity index (χ2v) is 4.80. The molecule has 0 N–H and O–H groups in total. The van der Waals surface area contributed by atoms with Crippen LogP contribution in [0.5, 0.6) is 0 Å². The van der Waals surface area contributed by atoms with Crippen LogP contribution in [-0.4, -0.2) is 49.3 Å². The SMILES string of the molecule is CSCCN1CC2COC(C2)C1. The number of thioether (sulfide) groups is 1. The van der Waals surface area contributed by atoms with Crippen molar-refractivity contribution in [3.63, 3.8) is 0 Å². The Bertz CT molecular complexity index is 141. The number of ether oxygens (including phenoxy) is 1. The Morgan fingerprint density at radius 1 is 1.50 bits per heavy atom. The molecule has 0 spiro atoms. The summed E-state index contributed by atoms with van der Waals surface area (Å²) < 4.78 is 5.64.